The molecule has 1 amide bonds. The van der Waals surface area contributed by atoms with Crippen molar-refractivity contribution in [3.8, 4) is 0 Å². The second-order valence-electron chi connectivity index (χ2n) is 8.04. The Bertz CT molecular complexity index is 474. The minimum absolute atomic E-state index is 0.154. The Morgan fingerprint density at radius 2 is 1.76 bits per heavy atom. The highest BCUT2D eigenvalue weighted by molar-refractivity contribution is 5.84. The Morgan fingerprint density at radius 3 is 2.38 bits per heavy atom. The number of carboxylic acids is 1. The van der Waals surface area contributed by atoms with E-state index in [9.17, 15) is 14.7 Å². The Hall–Kier alpha value is -1.06. The lowest BCUT2D eigenvalue weighted by molar-refractivity contribution is -0.152. The van der Waals surface area contributed by atoms with E-state index in [0.717, 1.165) is 31.1 Å². The van der Waals surface area contributed by atoms with E-state index in [1.165, 1.54) is 19.3 Å². The number of hydrogen-bond acceptors (Lipinski definition) is 2. The van der Waals surface area contributed by atoms with E-state index in [2.05, 4.69) is 5.32 Å². The van der Waals surface area contributed by atoms with Crippen LogP contribution in [0, 0.1) is 35.0 Å². The van der Waals surface area contributed by atoms with E-state index in [1.54, 1.807) is 6.92 Å². The molecule has 6 unspecified atom stereocenters. The van der Waals surface area contributed by atoms with Crippen LogP contribution in [-0.4, -0.2) is 23.0 Å². The van der Waals surface area contributed by atoms with Gasteiger partial charge in [0.25, 0.3) is 0 Å². The topological polar surface area (TPSA) is 66.4 Å². The summed E-state index contributed by atoms with van der Waals surface area (Å²) in [4.78, 5) is 24.2. The lowest BCUT2D eigenvalue weighted by Crippen LogP contribution is -2.52. The molecule has 0 saturated heterocycles. The summed E-state index contributed by atoms with van der Waals surface area (Å²) in [6, 6.07) is -0.185. The predicted octanol–water partition coefficient (Wildman–Crippen LogP) is 2.43. The molecule has 4 aliphatic rings. The molecule has 4 saturated carbocycles. The SMILES string of the molecule is CC1(C(=O)O)CCCCC1NC(=O)C1C2C3CCC(C3)C12. The average molecular weight is 291 g/mol. The van der Waals surface area contributed by atoms with Gasteiger partial charge in [0.2, 0.25) is 5.91 Å². The molecule has 21 heavy (non-hydrogen) atoms. The maximum Gasteiger partial charge on any atom is 0.311 e. The molecular formula is C17H25NO3. The van der Waals surface area contributed by atoms with Gasteiger partial charge in [-0.2, -0.15) is 0 Å². The van der Waals surface area contributed by atoms with Gasteiger partial charge in [0.15, 0.2) is 0 Å². The minimum atomic E-state index is -0.781. The summed E-state index contributed by atoms with van der Waals surface area (Å²) < 4.78 is 0. The fourth-order valence-corrected chi connectivity index (χ4v) is 5.76. The fourth-order valence-electron chi connectivity index (χ4n) is 5.76. The van der Waals surface area contributed by atoms with E-state index >= 15 is 0 Å². The van der Waals surface area contributed by atoms with Crippen LogP contribution >= 0.6 is 0 Å². The molecule has 6 atom stereocenters. The first-order valence-electron chi connectivity index (χ1n) is 8.56. The van der Waals surface area contributed by atoms with Crippen LogP contribution in [0.2, 0.25) is 0 Å². The molecule has 0 aromatic carbocycles. The van der Waals surface area contributed by atoms with Gasteiger partial charge in [0.1, 0.15) is 0 Å². The van der Waals surface area contributed by atoms with Gasteiger partial charge in [-0.25, -0.2) is 0 Å². The third-order valence-corrected chi connectivity index (χ3v) is 7.05. The molecule has 0 aliphatic heterocycles. The summed E-state index contributed by atoms with van der Waals surface area (Å²) >= 11 is 0. The molecule has 2 bridgehead atoms. The van der Waals surface area contributed by atoms with Crippen molar-refractivity contribution in [3.63, 3.8) is 0 Å². The predicted molar refractivity (Wildman–Crippen MR) is 77.4 cm³/mol. The van der Waals surface area contributed by atoms with Crippen molar-refractivity contribution < 1.29 is 14.7 Å². The zero-order valence-electron chi connectivity index (χ0n) is 12.7. The van der Waals surface area contributed by atoms with Crippen LogP contribution in [0.3, 0.4) is 0 Å². The van der Waals surface area contributed by atoms with Crippen LogP contribution < -0.4 is 5.32 Å². The lowest BCUT2D eigenvalue weighted by Gasteiger charge is -2.38. The highest BCUT2D eigenvalue weighted by Gasteiger charge is 2.67. The van der Waals surface area contributed by atoms with Crippen molar-refractivity contribution in [1.29, 1.82) is 0 Å². The highest BCUT2D eigenvalue weighted by atomic mass is 16.4. The van der Waals surface area contributed by atoms with Crippen LogP contribution in [0.25, 0.3) is 0 Å². The van der Waals surface area contributed by atoms with E-state index in [-0.39, 0.29) is 17.9 Å². The molecule has 0 aromatic rings. The Kier molecular flexibility index (Phi) is 2.89. The Labute approximate surface area is 125 Å². The number of carbonyl (C=O) groups excluding carboxylic acids is 1. The molecule has 0 radical (unpaired) electrons. The van der Waals surface area contributed by atoms with Crippen molar-refractivity contribution in [2.45, 2.75) is 57.9 Å². The first-order chi connectivity index (χ1) is 10.0. The summed E-state index contributed by atoms with van der Waals surface area (Å²) in [7, 11) is 0. The molecule has 4 heteroatoms. The standard InChI is InChI=1S/C17H25NO3/c1-17(16(20)21)7-3-2-4-11(17)18-15(19)14-12-9-5-6-10(8-9)13(12)14/h9-14H,2-8H2,1H3,(H,18,19)(H,20,21). The van der Waals surface area contributed by atoms with Gasteiger partial charge >= 0.3 is 5.97 Å². The van der Waals surface area contributed by atoms with Gasteiger partial charge in [-0.05, 0) is 62.7 Å². The number of carbonyl (C=O) groups is 2. The van der Waals surface area contributed by atoms with Crippen LogP contribution in [0.15, 0.2) is 0 Å². The quantitative estimate of drug-likeness (QED) is 0.839. The van der Waals surface area contributed by atoms with Crippen molar-refractivity contribution in [1.82, 2.24) is 5.32 Å². The summed E-state index contributed by atoms with van der Waals surface area (Å²) in [5.41, 5.74) is -0.781. The second kappa shape index (κ2) is 4.47. The molecule has 0 aromatic heterocycles. The molecule has 0 heterocycles. The number of hydrogen-bond donors (Lipinski definition) is 2. The summed E-state index contributed by atoms with van der Waals surface area (Å²) in [5, 5.41) is 12.7. The zero-order chi connectivity index (χ0) is 14.8. The normalized spacial score (nSPS) is 50.5. The van der Waals surface area contributed by atoms with Gasteiger partial charge in [-0.3, -0.25) is 9.59 Å². The van der Waals surface area contributed by atoms with Crippen molar-refractivity contribution in [3.05, 3.63) is 0 Å². The van der Waals surface area contributed by atoms with Gasteiger partial charge in [0, 0.05) is 12.0 Å². The minimum Gasteiger partial charge on any atom is -0.481 e. The van der Waals surface area contributed by atoms with Crippen molar-refractivity contribution in [2.75, 3.05) is 0 Å². The van der Waals surface area contributed by atoms with Crippen molar-refractivity contribution in [2.24, 2.45) is 35.0 Å². The second-order valence-corrected chi connectivity index (χ2v) is 8.04. The molecule has 4 nitrogen and oxygen atoms in total. The van der Waals surface area contributed by atoms with Gasteiger partial charge < -0.3 is 10.4 Å². The average Bonchev–Trinajstić information content (AvgIpc) is 2.90. The summed E-state index contributed by atoms with van der Waals surface area (Å²) in [5.74, 6) is 2.42. The monoisotopic (exact) mass is 291 g/mol. The number of amides is 1. The molecule has 4 aliphatic carbocycles. The maximum absolute atomic E-state index is 12.6. The van der Waals surface area contributed by atoms with Crippen LogP contribution in [0.4, 0.5) is 0 Å². The Balaban J connectivity index is 1.44. The third kappa shape index (κ3) is 1.87. The van der Waals surface area contributed by atoms with E-state index in [0.29, 0.717) is 18.3 Å². The molecule has 116 valence electrons. The largest absolute Gasteiger partial charge is 0.481 e. The number of fused-ring (bicyclic) bond motifs is 5. The first kappa shape index (κ1) is 13.6. The molecule has 4 rings (SSSR count). The molecule has 2 N–H and O–H groups in total. The van der Waals surface area contributed by atoms with Gasteiger partial charge in [-0.15, -0.1) is 0 Å². The maximum atomic E-state index is 12.6. The summed E-state index contributed by atoms with van der Waals surface area (Å²) in [6.07, 6.45) is 7.43. The summed E-state index contributed by atoms with van der Waals surface area (Å²) in [6.45, 7) is 1.80. The smallest absolute Gasteiger partial charge is 0.311 e. The number of carboxylic acid groups (broad SMARTS) is 1. The fraction of sp³-hybridized carbons (Fsp3) is 0.882. The van der Waals surface area contributed by atoms with Crippen molar-refractivity contribution >= 4 is 11.9 Å². The molecule has 0 spiro atoms. The van der Waals surface area contributed by atoms with Crippen LogP contribution in [-0.2, 0) is 9.59 Å². The Morgan fingerprint density at radius 1 is 1.10 bits per heavy atom. The molecular weight excluding hydrogens is 266 g/mol. The van der Waals surface area contributed by atoms with Gasteiger partial charge in [0.05, 0.1) is 5.41 Å². The third-order valence-electron chi connectivity index (χ3n) is 7.05. The first-order valence-corrected chi connectivity index (χ1v) is 8.56. The molecule has 4 fully saturated rings. The van der Waals surface area contributed by atoms with Crippen LogP contribution in [0.5, 0.6) is 0 Å². The van der Waals surface area contributed by atoms with E-state index < -0.39 is 11.4 Å². The zero-order valence-corrected chi connectivity index (χ0v) is 12.7. The number of aliphatic carboxylic acids is 1. The number of nitrogens with one attached hydrogen (secondary N) is 1. The number of rotatable bonds is 3. The van der Waals surface area contributed by atoms with Gasteiger partial charge in [-0.1, -0.05) is 12.8 Å². The highest BCUT2D eigenvalue weighted by Crippen LogP contribution is 2.69. The van der Waals surface area contributed by atoms with E-state index in [4.69, 9.17) is 0 Å². The van der Waals surface area contributed by atoms with Crippen LogP contribution in [0.1, 0.15) is 51.9 Å². The van der Waals surface area contributed by atoms with E-state index in [1.807, 2.05) is 0 Å². The lowest BCUT2D eigenvalue weighted by atomic mass is 9.71.